The number of aromatic nitrogens is 2. The van der Waals surface area contributed by atoms with Gasteiger partial charge in [0, 0.05) is 25.1 Å². The van der Waals surface area contributed by atoms with Gasteiger partial charge in [0.15, 0.2) is 0 Å². The third-order valence-corrected chi connectivity index (χ3v) is 6.47. The number of nitrogens with one attached hydrogen (secondary N) is 1. The van der Waals surface area contributed by atoms with Gasteiger partial charge in [-0.25, -0.2) is 4.98 Å². The van der Waals surface area contributed by atoms with Gasteiger partial charge in [0.2, 0.25) is 0 Å². The SMILES string of the molecule is CCCCCCCCCCCn1c(CCCNC(=O)c2ccccc2C)nc2ccccc21. The van der Waals surface area contributed by atoms with Crippen molar-refractivity contribution in [2.24, 2.45) is 0 Å². The fourth-order valence-electron chi connectivity index (χ4n) is 4.52. The van der Waals surface area contributed by atoms with Crippen LogP contribution in [0.2, 0.25) is 0 Å². The molecule has 178 valence electrons. The molecule has 0 bridgehead atoms. The van der Waals surface area contributed by atoms with Gasteiger partial charge in [-0.15, -0.1) is 0 Å². The number of unbranched alkanes of at least 4 members (excludes halogenated alkanes) is 8. The predicted molar refractivity (Wildman–Crippen MR) is 139 cm³/mol. The quantitative estimate of drug-likeness (QED) is 0.250. The topological polar surface area (TPSA) is 46.9 Å². The second-order valence-corrected chi connectivity index (χ2v) is 9.17. The zero-order chi connectivity index (χ0) is 23.3. The largest absolute Gasteiger partial charge is 0.352 e. The highest BCUT2D eigenvalue weighted by Crippen LogP contribution is 2.19. The Morgan fingerprint density at radius 1 is 0.848 bits per heavy atom. The van der Waals surface area contributed by atoms with E-state index in [-0.39, 0.29) is 5.91 Å². The molecule has 3 aromatic rings. The van der Waals surface area contributed by atoms with Crippen LogP contribution in [-0.2, 0) is 13.0 Å². The van der Waals surface area contributed by atoms with Crippen LogP contribution in [-0.4, -0.2) is 22.0 Å². The van der Waals surface area contributed by atoms with Crippen molar-refractivity contribution in [2.45, 2.75) is 91.0 Å². The molecule has 0 aliphatic carbocycles. The minimum Gasteiger partial charge on any atom is -0.352 e. The third kappa shape index (κ3) is 7.73. The molecule has 0 saturated carbocycles. The Kier molecular flexibility index (Phi) is 10.5. The van der Waals surface area contributed by atoms with E-state index in [0.717, 1.165) is 41.9 Å². The zero-order valence-electron chi connectivity index (χ0n) is 20.6. The van der Waals surface area contributed by atoms with Crippen LogP contribution in [0, 0.1) is 6.92 Å². The smallest absolute Gasteiger partial charge is 0.251 e. The Morgan fingerprint density at radius 3 is 2.27 bits per heavy atom. The van der Waals surface area contributed by atoms with Gasteiger partial charge in [-0.1, -0.05) is 88.6 Å². The molecule has 0 spiro atoms. The molecule has 0 unspecified atom stereocenters. The first-order valence-electron chi connectivity index (χ1n) is 13.0. The number of para-hydroxylation sites is 2. The van der Waals surface area contributed by atoms with Gasteiger partial charge in [0.05, 0.1) is 11.0 Å². The van der Waals surface area contributed by atoms with Crippen LogP contribution in [0.15, 0.2) is 48.5 Å². The van der Waals surface area contributed by atoms with Crippen molar-refractivity contribution in [1.29, 1.82) is 0 Å². The lowest BCUT2D eigenvalue weighted by molar-refractivity contribution is 0.0952. The number of benzene rings is 2. The molecule has 4 nitrogen and oxygen atoms in total. The highest BCUT2D eigenvalue weighted by molar-refractivity contribution is 5.95. The van der Waals surface area contributed by atoms with Gasteiger partial charge >= 0.3 is 0 Å². The summed E-state index contributed by atoms with van der Waals surface area (Å²) in [7, 11) is 0. The first kappa shape index (κ1) is 25.0. The van der Waals surface area contributed by atoms with Crippen molar-refractivity contribution >= 4 is 16.9 Å². The number of hydrogen-bond donors (Lipinski definition) is 1. The van der Waals surface area contributed by atoms with Crippen LogP contribution in [0.1, 0.15) is 92.9 Å². The van der Waals surface area contributed by atoms with Crippen molar-refractivity contribution in [1.82, 2.24) is 14.9 Å². The molecule has 1 N–H and O–H groups in total. The second-order valence-electron chi connectivity index (χ2n) is 9.17. The van der Waals surface area contributed by atoms with Gasteiger partial charge < -0.3 is 9.88 Å². The van der Waals surface area contributed by atoms with E-state index in [4.69, 9.17) is 4.98 Å². The van der Waals surface area contributed by atoms with Gasteiger partial charge in [0.1, 0.15) is 5.82 Å². The van der Waals surface area contributed by atoms with Crippen LogP contribution < -0.4 is 5.32 Å². The van der Waals surface area contributed by atoms with Gasteiger partial charge in [0.25, 0.3) is 5.91 Å². The molecule has 1 aromatic heterocycles. The molecule has 2 aromatic carbocycles. The van der Waals surface area contributed by atoms with E-state index in [9.17, 15) is 4.79 Å². The van der Waals surface area contributed by atoms with Crippen LogP contribution in [0.4, 0.5) is 0 Å². The minimum atomic E-state index is 0.0105. The van der Waals surface area contributed by atoms with E-state index in [2.05, 4.69) is 41.1 Å². The van der Waals surface area contributed by atoms with Crippen molar-refractivity contribution < 1.29 is 4.79 Å². The number of fused-ring (bicyclic) bond motifs is 1. The molecular weight excluding hydrogens is 406 g/mol. The Labute approximate surface area is 199 Å². The zero-order valence-corrected chi connectivity index (χ0v) is 20.6. The Hall–Kier alpha value is -2.62. The molecule has 0 aliphatic rings. The summed E-state index contributed by atoms with van der Waals surface area (Å²) >= 11 is 0. The molecular formula is C29H41N3O. The standard InChI is InChI=1S/C29H41N3O/c1-3-4-5-6-7-8-9-10-15-23-32-27-20-14-13-19-26(27)31-28(32)21-16-22-30-29(33)25-18-12-11-17-24(25)2/h11-14,17-20H,3-10,15-16,21-23H2,1-2H3,(H,30,33). The molecule has 0 fully saturated rings. The Bertz CT molecular complexity index is 991. The second kappa shape index (κ2) is 13.8. The van der Waals surface area contributed by atoms with E-state index in [1.54, 1.807) is 0 Å². The molecule has 1 heterocycles. The number of rotatable bonds is 15. The van der Waals surface area contributed by atoms with Gasteiger partial charge in [-0.05, 0) is 43.5 Å². The number of imidazole rings is 1. The summed E-state index contributed by atoms with van der Waals surface area (Å²) in [5.74, 6) is 1.15. The molecule has 0 aliphatic heterocycles. The molecule has 33 heavy (non-hydrogen) atoms. The van der Waals surface area contributed by atoms with Crippen LogP contribution in [0.5, 0.6) is 0 Å². The number of aryl methyl sites for hydroxylation is 3. The number of hydrogen-bond acceptors (Lipinski definition) is 2. The summed E-state index contributed by atoms with van der Waals surface area (Å²) < 4.78 is 2.40. The fraction of sp³-hybridized carbons (Fsp3) is 0.517. The molecule has 1 amide bonds. The van der Waals surface area contributed by atoms with Crippen molar-refractivity contribution in [3.8, 4) is 0 Å². The van der Waals surface area contributed by atoms with Gasteiger partial charge in [-0.2, -0.15) is 0 Å². The van der Waals surface area contributed by atoms with Crippen molar-refractivity contribution in [3.63, 3.8) is 0 Å². The lowest BCUT2D eigenvalue weighted by Crippen LogP contribution is -2.25. The number of nitrogens with zero attached hydrogens (tertiary/aromatic N) is 2. The van der Waals surface area contributed by atoms with E-state index in [1.165, 1.54) is 63.3 Å². The van der Waals surface area contributed by atoms with Crippen molar-refractivity contribution in [3.05, 3.63) is 65.5 Å². The minimum absolute atomic E-state index is 0.0105. The molecule has 4 heteroatoms. The average molecular weight is 448 g/mol. The summed E-state index contributed by atoms with van der Waals surface area (Å²) in [6.45, 7) is 5.94. The maximum atomic E-state index is 12.5. The van der Waals surface area contributed by atoms with E-state index in [0.29, 0.717) is 6.54 Å². The summed E-state index contributed by atoms with van der Waals surface area (Å²) in [4.78, 5) is 17.4. The number of carbonyl (C=O) groups is 1. The summed E-state index contributed by atoms with van der Waals surface area (Å²) in [6.07, 6.45) is 13.8. The average Bonchev–Trinajstić information content (AvgIpc) is 3.18. The monoisotopic (exact) mass is 447 g/mol. The van der Waals surface area contributed by atoms with Crippen LogP contribution >= 0.6 is 0 Å². The van der Waals surface area contributed by atoms with Crippen molar-refractivity contribution in [2.75, 3.05) is 6.54 Å². The molecule has 0 saturated heterocycles. The van der Waals surface area contributed by atoms with Crippen LogP contribution in [0.3, 0.4) is 0 Å². The third-order valence-electron chi connectivity index (χ3n) is 6.47. The summed E-state index contributed by atoms with van der Waals surface area (Å²) in [6, 6.07) is 16.2. The van der Waals surface area contributed by atoms with E-state index >= 15 is 0 Å². The molecule has 0 atom stereocenters. The van der Waals surface area contributed by atoms with E-state index in [1.807, 2.05) is 31.2 Å². The highest BCUT2D eigenvalue weighted by Gasteiger charge is 2.11. The Balaban J connectivity index is 1.46. The van der Waals surface area contributed by atoms with Crippen LogP contribution in [0.25, 0.3) is 11.0 Å². The lowest BCUT2D eigenvalue weighted by atomic mass is 10.1. The maximum absolute atomic E-state index is 12.5. The fourth-order valence-corrected chi connectivity index (χ4v) is 4.52. The highest BCUT2D eigenvalue weighted by atomic mass is 16.1. The number of amides is 1. The summed E-state index contributed by atoms with van der Waals surface area (Å²) in [5, 5.41) is 3.07. The first-order chi connectivity index (χ1) is 16.2. The molecule has 3 rings (SSSR count). The lowest BCUT2D eigenvalue weighted by Gasteiger charge is -2.10. The molecule has 0 radical (unpaired) electrons. The van der Waals surface area contributed by atoms with E-state index < -0.39 is 0 Å². The number of carbonyl (C=O) groups excluding carboxylic acids is 1. The maximum Gasteiger partial charge on any atom is 0.251 e. The van der Waals surface area contributed by atoms with Gasteiger partial charge in [-0.3, -0.25) is 4.79 Å². The summed E-state index contributed by atoms with van der Waals surface area (Å²) in [5.41, 5.74) is 4.08. The normalized spacial score (nSPS) is 11.2. The predicted octanol–water partition coefficient (Wildman–Crippen LogP) is 7.24. The Morgan fingerprint density at radius 2 is 1.52 bits per heavy atom. The first-order valence-corrected chi connectivity index (χ1v) is 13.0.